The highest BCUT2D eigenvalue weighted by atomic mass is 16.2. The molecule has 0 aliphatic carbocycles. The number of nitrogens with zero attached hydrogens (tertiary/aromatic N) is 3. The average Bonchev–Trinajstić information content (AvgIpc) is 3.65. The number of aromatic amines is 2. The van der Waals surface area contributed by atoms with Crippen molar-refractivity contribution in [3.05, 3.63) is 90.5 Å². The number of carbonyl (C=O) groups excluding carboxylic acids is 2. The molecule has 3 aromatic carbocycles. The molecule has 1 fully saturated rings. The molecule has 6 rings (SSSR count). The first-order valence-corrected chi connectivity index (χ1v) is 14.2. The van der Waals surface area contributed by atoms with E-state index in [2.05, 4.69) is 51.3 Å². The van der Waals surface area contributed by atoms with E-state index in [1.807, 2.05) is 54.5 Å². The number of aromatic nitrogens is 3. The van der Waals surface area contributed by atoms with Crippen LogP contribution in [-0.4, -0.2) is 62.6 Å². The van der Waals surface area contributed by atoms with Crippen LogP contribution < -0.4 is 0 Å². The van der Waals surface area contributed by atoms with E-state index in [0.29, 0.717) is 38.1 Å². The largest absolute Gasteiger partial charge is 0.361 e. The number of ketones is 1. The summed E-state index contributed by atoms with van der Waals surface area (Å²) in [7, 11) is 0. The molecule has 7 heteroatoms. The number of Topliss-reactive ketones (excluding diaryl/α,β-unsaturated/α-hetero) is 1. The van der Waals surface area contributed by atoms with Gasteiger partial charge < -0.3 is 14.9 Å². The summed E-state index contributed by atoms with van der Waals surface area (Å²) in [5.41, 5.74) is 4.06. The van der Waals surface area contributed by atoms with Crippen LogP contribution in [0.25, 0.3) is 32.9 Å². The van der Waals surface area contributed by atoms with Gasteiger partial charge >= 0.3 is 0 Å². The Labute approximate surface area is 234 Å². The third-order valence-electron chi connectivity index (χ3n) is 8.10. The number of fused-ring (bicyclic) bond motifs is 2. The fraction of sp³-hybridized carbons (Fsp3) is 0.303. The summed E-state index contributed by atoms with van der Waals surface area (Å²) in [6, 6.07) is 22.6. The zero-order valence-corrected chi connectivity index (χ0v) is 22.9. The van der Waals surface area contributed by atoms with E-state index in [1.165, 1.54) is 10.8 Å². The molecule has 0 unspecified atom stereocenters. The Morgan fingerprint density at radius 2 is 1.82 bits per heavy atom. The summed E-state index contributed by atoms with van der Waals surface area (Å²) in [6.45, 7) is 4.85. The predicted molar refractivity (Wildman–Crippen MR) is 159 cm³/mol. The maximum absolute atomic E-state index is 13.8. The molecule has 5 aromatic rings. The number of amides is 1. The molecule has 204 valence electrons. The summed E-state index contributed by atoms with van der Waals surface area (Å²) in [4.78, 5) is 41.6. The number of imidazole rings is 1. The van der Waals surface area contributed by atoms with Gasteiger partial charge in [-0.25, -0.2) is 4.98 Å². The number of piperazine rings is 1. The van der Waals surface area contributed by atoms with Gasteiger partial charge in [0.25, 0.3) is 0 Å². The molecule has 0 spiro atoms. The molecule has 0 saturated carbocycles. The Kier molecular flexibility index (Phi) is 7.47. The first kappa shape index (κ1) is 26.0. The lowest BCUT2D eigenvalue weighted by Gasteiger charge is -2.40. The lowest BCUT2D eigenvalue weighted by Crippen LogP contribution is -2.51. The molecular weight excluding hydrogens is 498 g/mol. The van der Waals surface area contributed by atoms with Crippen molar-refractivity contribution in [3.8, 4) is 11.3 Å². The van der Waals surface area contributed by atoms with Gasteiger partial charge in [-0.3, -0.25) is 14.5 Å². The van der Waals surface area contributed by atoms with E-state index in [-0.39, 0.29) is 11.9 Å². The van der Waals surface area contributed by atoms with Crippen LogP contribution in [0, 0.1) is 0 Å². The molecule has 2 N–H and O–H groups in total. The van der Waals surface area contributed by atoms with E-state index in [0.717, 1.165) is 53.1 Å². The quantitative estimate of drug-likeness (QED) is 0.247. The van der Waals surface area contributed by atoms with Crippen molar-refractivity contribution >= 4 is 33.4 Å². The number of hydrogen-bond donors (Lipinski definition) is 2. The van der Waals surface area contributed by atoms with Crippen LogP contribution in [0.4, 0.5) is 0 Å². The normalized spacial score (nSPS) is 16.1. The first-order valence-electron chi connectivity index (χ1n) is 14.2. The monoisotopic (exact) mass is 533 g/mol. The zero-order valence-electron chi connectivity index (χ0n) is 22.9. The second kappa shape index (κ2) is 11.5. The van der Waals surface area contributed by atoms with Crippen LogP contribution in [0.1, 0.15) is 43.6 Å². The molecule has 1 aliphatic heterocycles. The summed E-state index contributed by atoms with van der Waals surface area (Å²) in [5, 5.41) is 3.46. The molecule has 1 aliphatic rings. The SMILES string of the molecule is CCC(=O)CCCN1CCN(C(=O)Cc2c[nH]c3ccccc23)[C@H](c2ncc(-c3ccc4ccccc4c3)[nH]2)C1. The molecule has 7 nitrogen and oxygen atoms in total. The van der Waals surface area contributed by atoms with Crippen molar-refractivity contribution in [3.63, 3.8) is 0 Å². The Balaban J connectivity index is 1.25. The van der Waals surface area contributed by atoms with Gasteiger partial charge in [0.2, 0.25) is 5.91 Å². The number of hydrogen-bond acceptors (Lipinski definition) is 4. The number of para-hydroxylation sites is 1. The van der Waals surface area contributed by atoms with E-state index in [9.17, 15) is 9.59 Å². The van der Waals surface area contributed by atoms with Crippen LogP contribution in [0.15, 0.2) is 79.1 Å². The van der Waals surface area contributed by atoms with Crippen molar-refractivity contribution < 1.29 is 9.59 Å². The van der Waals surface area contributed by atoms with Crippen LogP contribution in [0.3, 0.4) is 0 Å². The van der Waals surface area contributed by atoms with Gasteiger partial charge in [-0.1, -0.05) is 61.5 Å². The molecule has 40 heavy (non-hydrogen) atoms. The highest BCUT2D eigenvalue weighted by molar-refractivity contribution is 5.89. The lowest BCUT2D eigenvalue weighted by molar-refractivity contribution is -0.135. The molecule has 1 saturated heterocycles. The van der Waals surface area contributed by atoms with Crippen molar-refractivity contribution in [2.45, 2.75) is 38.6 Å². The van der Waals surface area contributed by atoms with E-state index >= 15 is 0 Å². The van der Waals surface area contributed by atoms with E-state index < -0.39 is 0 Å². The number of benzene rings is 3. The molecule has 1 amide bonds. The highest BCUT2D eigenvalue weighted by Gasteiger charge is 2.33. The Morgan fingerprint density at radius 3 is 2.70 bits per heavy atom. The Bertz CT molecular complexity index is 1650. The van der Waals surface area contributed by atoms with Crippen molar-refractivity contribution in [2.75, 3.05) is 26.2 Å². The van der Waals surface area contributed by atoms with Crippen LogP contribution in [0.2, 0.25) is 0 Å². The second-order valence-electron chi connectivity index (χ2n) is 10.7. The Morgan fingerprint density at radius 1 is 1.00 bits per heavy atom. The smallest absolute Gasteiger partial charge is 0.227 e. The Hall–Kier alpha value is -4.23. The van der Waals surface area contributed by atoms with Crippen LogP contribution >= 0.6 is 0 Å². The summed E-state index contributed by atoms with van der Waals surface area (Å²) in [6.07, 6.45) is 6.19. The molecule has 2 aromatic heterocycles. The van der Waals surface area contributed by atoms with Gasteiger partial charge in [-0.2, -0.15) is 0 Å². The first-order chi connectivity index (χ1) is 19.6. The highest BCUT2D eigenvalue weighted by Crippen LogP contribution is 2.29. The van der Waals surface area contributed by atoms with Crippen molar-refractivity contribution in [1.82, 2.24) is 24.8 Å². The van der Waals surface area contributed by atoms with Gasteiger partial charge in [-0.15, -0.1) is 0 Å². The molecule has 3 heterocycles. The minimum Gasteiger partial charge on any atom is -0.361 e. The van der Waals surface area contributed by atoms with E-state index in [1.54, 1.807) is 0 Å². The molecule has 1 atom stereocenters. The number of H-pyrrole nitrogens is 2. The van der Waals surface area contributed by atoms with Crippen molar-refractivity contribution in [2.24, 2.45) is 0 Å². The number of carbonyl (C=O) groups is 2. The second-order valence-corrected chi connectivity index (χ2v) is 10.7. The third-order valence-corrected chi connectivity index (χ3v) is 8.10. The number of rotatable bonds is 9. The van der Waals surface area contributed by atoms with Gasteiger partial charge in [0.15, 0.2) is 0 Å². The molecular formula is C33H35N5O2. The molecule has 0 radical (unpaired) electrons. The fourth-order valence-corrected chi connectivity index (χ4v) is 5.80. The lowest BCUT2D eigenvalue weighted by atomic mass is 10.1. The minimum atomic E-state index is -0.192. The van der Waals surface area contributed by atoms with Crippen LogP contribution in [-0.2, 0) is 16.0 Å². The van der Waals surface area contributed by atoms with Gasteiger partial charge in [0.05, 0.1) is 18.3 Å². The van der Waals surface area contributed by atoms with Crippen molar-refractivity contribution in [1.29, 1.82) is 0 Å². The maximum Gasteiger partial charge on any atom is 0.227 e. The third kappa shape index (κ3) is 5.42. The topological polar surface area (TPSA) is 85.1 Å². The average molecular weight is 534 g/mol. The van der Waals surface area contributed by atoms with Gasteiger partial charge in [0.1, 0.15) is 17.6 Å². The predicted octanol–water partition coefficient (Wildman–Crippen LogP) is 5.90. The maximum atomic E-state index is 13.8. The standard InChI is InChI=1S/C33H35N5O2/c1-2-27(39)10-7-15-37-16-17-38(32(40)19-26-20-34-29-12-6-5-11-28(26)29)31(22-37)33-35-21-30(36-33)25-14-13-23-8-3-4-9-24(23)18-25/h3-6,8-9,11-14,18,20-21,31,34H,2,7,10,15-17,19,22H2,1H3,(H,35,36)/t31-/m0/s1. The fourth-order valence-electron chi connectivity index (χ4n) is 5.80. The number of nitrogens with one attached hydrogen (secondary N) is 2. The zero-order chi connectivity index (χ0) is 27.5. The van der Waals surface area contributed by atoms with Crippen LogP contribution in [0.5, 0.6) is 0 Å². The van der Waals surface area contributed by atoms with E-state index in [4.69, 9.17) is 4.98 Å². The molecule has 0 bridgehead atoms. The summed E-state index contributed by atoms with van der Waals surface area (Å²) < 4.78 is 0. The minimum absolute atomic E-state index is 0.0965. The van der Waals surface area contributed by atoms with Gasteiger partial charge in [0, 0.05) is 55.1 Å². The summed E-state index contributed by atoms with van der Waals surface area (Å²) in [5.74, 6) is 1.19. The summed E-state index contributed by atoms with van der Waals surface area (Å²) >= 11 is 0. The van der Waals surface area contributed by atoms with Gasteiger partial charge in [-0.05, 0) is 41.4 Å².